The predicted octanol–water partition coefficient (Wildman–Crippen LogP) is 5.29. The molecule has 0 amide bonds. The second-order valence-corrected chi connectivity index (χ2v) is 9.47. The summed E-state index contributed by atoms with van der Waals surface area (Å²) in [5, 5.41) is 3.29. The zero-order chi connectivity index (χ0) is 21.1. The highest BCUT2D eigenvalue weighted by Gasteiger charge is 2.34. The molecule has 6 heteroatoms. The number of allylic oxidation sites excluding steroid dienone is 2. The minimum atomic E-state index is -0.360. The Balaban J connectivity index is 2.47. The number of rotatable bonds is 6. The minimum absolute atomic E-state index is 0.0764. The van der Waals surface area contributed by atoms with E-state index in [1.54, 1.807) is 13.2 Å². The molecule has 1 N–H and O–H groups in total. The number of hydrogen-bond acceptors (Lipinski definition) is 4. The van der Waals surface area contributed by atoms with Gasteiger partial charge in [0, 0.05) is 22.3 Å². The third-order valence-corrected chi connectivity index (χ3v) is 5.78. The summed E-state index contributed by atoms with van der Waals surface area (Å²) in [6, 6.07) is 4.66. The zero-order valence-electron chi connectivity index (χ0n) is 17.4. The number of methoxy groups -OCH3 is 1. The summed E-state index contributed by atoms with van der Waals surface area (Å²) in [6.07, 6.45) is 0.770. The Morgan fingerprint density at radius 2 is 1.96 bits per heavy atom. The summed E-state index contributed by atoms with van der Waals surface area (Å²) >= 11 is 2.12. The smallest absolute Gasteiger partial charge is 0.336 e. The quantitative estimate of drug-likeness (QED) is 0.425. The molecule has 1 heterocycles. The van der Waals surface area contributed by atoms with Crippen LogP contribution < -0.4 is 5.32 Å². The fraction of sp³-hybridized carbons (Fsp3) is 0.500. The third kappa shape index (κ3) is 5.56. The minimum Gasteiger partial charge on any atom is -0.462 e. The molecular weight excluding hydrogens is 472 g/mol. The van der Waals surface area contributed by atoms with Crippen molar-refractivity contribution >= 4 is 28.6 Å². The Labute approximate surface area is 180 Å². The van der Waals surface area contributed by atoms with E-state index in [9.17, 15) is 9.18 Å². The monoisotopic (exact) mass is 501 g/mol. The average Bonchev–Trinajstić information content (AvgIpc) is 2.57. The van der Waals surface area contributed by atoms with Crippen molar-refractivity contribution < 1.29 is 18.7 Å². The molecule has 1 aromatic carbocycles. The lowest BCUT2D eigenvalue weighted by Gasteiger charge is -2.31. The van der Waals surface area contributed by atoms with Crippen LogP contribution in [-0.2, 0) is 14.3 Å². The van der Waals surface area contributed by atoms with Crippen molar-refractivity contribution in [3.8, 4) is 0 Å². The number of ether oxygens (including phenoxy) is 2. The van der Waals surface area contributed by atoms with Gasteiger partial charge < -0.3 is 14.8 Å². The first-order chi connectivity index (χ1) is 13.0. The van der Waals surface area contributed by atoms with E-state index in [-0.39, 0.29) is 29.7 Å². The van der Waals surface area contributed by atoms with Gasteiger partial charge in [0.2, 0.25) is 0 Å². The third-order valence-electron chi connectivity index (χ3n) is 4.84. The molecule has 1 aliphatic heterocycles. The van der Waals surface area contributed by atoms with Crippen LogP contribution in [0.15, 0.2) is 40.7 Å². The molecular formula is C22H29FINO3. The van der Waals surface area contributed by atoms with E-state index >= 15 is 0 Å². The summed E-state index contributed by atoms with van der Waals surface area (Å²) in [7, 11) is 1.59. The van der Waals surface area contributed by atoms with Gasteiger partial charge in [0.05, 0.1) is 24.5 Å². The molecule has 4 nitrogen and oxygen atoms in total. The van der Waals surface area contributed by atoms with Gasteiger partial charge in [0.15, 0.2) is 0 Å². The molecule has 28 heavy (non-hydrogen) atoms. The number of nitrogens with one attached hydrogen (secondary N) is 1. The van der Waals surface area contributed by atoms with Crippen molar-refractivity contribution in [2.45, 2.75) is 47.0 Å². The van der Waals surface area contributed by atoms with E-state index < -0.39 is 0 Å². The number of benzene rings is 1. The van der Waals surface area contributed by atoms with E-state index in [4.69, 9.17) is 9.47 Å². The number of halogens is 2. The van der Waals surface area contributed by atoms with E-state index in [1.807, 2.05) is 13.8 Å². The molecule has 1 aromatic rings. The molecule has 2 rings (SSSR count). The zero-order valence-corrected chi connectivity index (χ0v) is 19.6. The second kappa shape index (κ2) is 9.39. The molecule has 0 aliphatic carbocycles. The lowest BCUT2D eigenvalue weighted by atomic mass is 9.81. The number of carbonyl (C=O) groups excluding carboxylic acids is 1. The molecule has 0 bridgehead atoms. The average molecular weight is 501 g/mol. The van der Waals surface area contributed by atoms with Crippen LogP contribution in [0.1, 0.15) is 52.5 Å². The first kappa shape index (κ1) is 22.9. The van der Waals surface area contributed by atoms with E-state index in [0.29, 0.717) is 17.9 Å². The molecule has 0 aromatic heterocycles. The fourth-order valence-corrected chi connectivity index (χ4v) is 3.94. The molecule has 0 saturated carbocycles. The number of esters is 1. The Hall–Kier alpha value is -1.41. The Morgan fingerprint density at radius 3 is 2.54 bits per heavy atom. The van der Waals surface area contributed by atoms with Crippen molar-refractivity contribution in [3.05, 3.63) is 55.7 Å². The maximum absolute atomic E-state index is 13.7. The number of dihydropyridines is 1. The molecule has 1 aliphatic rings. The summed E-state index contributed by atoms with van der Waals surface area (Å²) in [6.45, 7) is 10.9. The number of carbonyl (C=O) groups is 1. The molecule has 1 unspecified atom stereocenters. The predicted molar refractivity (Wildman–Crippen MR) is 117 cm³/mol. The maximum Gasteiger partial charge on any atom is 0.336 e. The fourth-order valence-electron chi connectivity index (χ4n) is 3.15. The van der Waals surface area contributed by atoms with Crippen molar-refractivity contribution in [2.75, 3.05) is 20.3 Å². The van der Waals surface area contributed by atoms with E-state index in [1.165, 1.54) is 12.1 Å². The van der Waals surface area contributed by atoms with E-state index in [0.717, 1.165) is 26.8 Å². The molecule has 0 radical (unpaired) electrons. The summed E-state index contributed by atoms with van der Waals surface area (Å²) in [4.78, 5) is 13.1. The first-order valence-electron chi connectivity index (χ1n) is 9.33. The van der Waals surface area contributed by atoms with Gasteiger partial charge in [-0.3, -0.25) is 0 Å². The summed E-state index contributed by atoms with van der Waals surface area (Å²) in [5.41, 5.74) is 4.15. The first-order valence-corrected chi connectivity index (χ1v) is 10.4. The van der Waals surface area contributed by atoms with Gasteiger partial charge in [-0.2, -0.15) is 0 Å². The summed E-state index contributed by atoms with van der Waals surface area (Å²) < 4.78 is 25.4. The Morgan fingerprint density at radius 1 is 1.29 bits per heavy atom. The van der Waals surface area contributed by atoms with Gasteiger partial charge in [0.25, 0.3) is 0 Å². The van der Waals surface area contributed by atoms with Crippen molar-refractivity contribution in [1.82, 2.24) is 5.32 Å². The summed E-state index contributed by atoms with van der Waals surface area (Å²) in [5.74, 6) is -0.961. The van der Waals surface area contributed by atoms with Gasteiger partial charge >= 0.3 is 5.97 Å². The maximum atomic E-state index is 13.7. The van der Waals surface area contributed by atoms with Crippen LogP contribution in [0, 0.1) is 14.8 Å². The van der Waals surface area contributed by atoms with Crippen LogP contribution in [-0.4, -0.2) is 26.3 Å². The van der Waals surface area contributed by atoms with Crippen LogP contribution in [0.25, 0.3) is 0 Å². The Bertz CT molecular complexity index is 808. The standard InChI is InChI=1S/C22H29FINO3/c1-13-14(2)25-18(12-27-6)20(21(26)28-10-9-22(3,4)5)19(13)16-8-7-15(23)11-17(16)24/h7-8,11,19,25H,9-10,12H2,1-6H3. The van der Waals surface area contributed by atoms with Gasteiger partial charge in [-0.15, -0.1) is 0 Å². The van der Waals surface area contributed by atoms with Crippen LogP contribution >= 0.6 is 22.6 Å². The molecule has 0 spiro atoms. The lowest BCUT2D eigenvalue weighted by molar-refractivity contribution is -0.140. The van der Waals surface area contributed by atoms with Crippen molar-refractivity contribution in [2.24, 2.45) is 5.41 Å². The Kier molecular flexibility index (Phi) is 7.67. The van der Waals surface area contributed by atoms with Crippen LogP contribution in [0.4, 0.5) is 4.39 Å². The van der Waals surface area contributed by atoms with Crippen LogP contribution in [0.5, 0.6) is 0 Å². The highest BCUT2D eigenvalue weighted by Crippen LogP contribution is 2.40. The van der Waals surface area contributed by atoms with Crippen LogP contribution in [0.3, 0.4) is 0 Å². The van der Waals surface area contributed by atoms with E-state index in [2.05, 4.69) is 48.7 Å². The SMILES string of the molecule is COCC1=C(C(=O)OCCC(C)(C)C)C(c2ccc(F)cc2I)C(C)=C(C)N1. The molecule has 0 fully saturated rings. The highest BCUT2D eigenvalue weighted by molar-refractivity contribution is 14.1. The number of hydrogen-bond donors (Lipinski definition) is 1. The largest absolute Gasteiger partial charge is 0.462 e. The normalized spacial score (nSPS) is 17.6. The second-order valence-electron chi connectivity index (χ2n) is 8.30. The topological polar surface area (TPSA) is 47.6 Å². The van der Waals surface area contributed by atoms with Crippen LogP contribution in [0.2, 0.25) is 0 Å². The molecule has 154 valence electrons. The van der Waals surface area contributed by atoms with Gasteiger partial charge in [-0.25, -0.2) is 9.18 Å². The lowest BCUT2D eigenvalue weighted by Crippen LogP contribution is -2.32. The van der Waals surface area contributed by atoms with Gasteiger partial charge in [-0.1, -0.05) is 26.8 Å². The molecule has 0 saturated heterocycles. The van der Waals surface area contributed by atoms with Gasteiger partial charge in [0.1, 0.15) is 5.82 Å². The molecule has 1 atom stereocenters. The van der Waals surface area contributed by atoms with Gasteiger partial charge in [-0.05, 0) is 71.5 Å². The van der Waals surface area contributed by atoms with Crippen molar-refractivity contribution in [1.29, 1.82) is 0 Å². The van der Waals surface area contributed by atoms with Crippen molar-refractivity contribution in [3.63, 3.8) is 0 Å². The highest BCUT2D eigenvalue weighted by atomic mass is 127.